The number of carbonyl (C=O) groups excluding carboxylic acids is 4. The lowest BCUT2D eigenvalue weighted by molar-refractivity contribution is -0.148. The van der Waals surface area contributed by atoms with Crippen molar-refractivity contribution in [3.05, 3.63) is 48.0 Å². The molecule has 0 saturated carbocycles. The van der Waals surface area contributed by atoms with Crippen molar-refractivity contribution < 1.29 is 23.9 Å². The van der Waals surface area contributed by atoms with Crippen LogP contribution in [0.3, 0.4) is 0 Å². The Morgan fingerprint density at radius 1 is 0.960 bits per heavy atom. The molecule has 7 nitrogen and oxygen atoms in total. The van der Waals surface area contributed by atoms with E-state index in [0.717, 1.165) is 21.2 Å². The monoisotopic (exact) mass is 340 g/mol. The number of ether oxygens (including phenoxy) is 1. The lowest BCUT2D eigenvalue weighted by Crippen LogP contribution is -2.37. The first-order valence-electron chi connectivity index (χ1n) is 7.82. The van der Waals surface area contributed by atoms with Gasteiger partial charge in [0.05, 0.1) is 13.2 Å². The van der Waals surface area contributed by atoms with Crippen LogP contribution in [0, 0.1) is 0 Å². The average molecular weight is 340 g/mol. The number of rotatable bonds is 5. The maximum atomic E-state index is 12.4. The maximum absolute atomic E-state index is 12.4. The molecule has 2 aromatic rings. The molecule has 0 radical (unpaired) electrons. The van der Waals surface area contributed by atoms with Crippen molar-refractivity contribution in [2.45, 2.75) is 13.5 Å². The Hall–Kier alpha value is -3.22. The molecule has 3 rings (SSSR count). The standard InChI is InChI=1S/C18H16N2O5/c1-2-25-15(21)11-20-17(23)16(22)19(18(20)24)10-13-8-5-7-12-6-3-4-9-14(12)13/h3-9H,2,10-11H2,1H3. The highest BCUT2D eigenvalue weighted by Gasteiger charge is 2.45. The van der Waals surface area contributed by atoms with Gasteiger partial charge in [0.15, 0.2) is 0 Å². The van der Waals surface area contributed by atoms with Gasteiger partial charge in [-0.05, 0) is 23.3 Å². The summed E-state index contributed by atoms with van der Waals surface area (Å²) in [5.41, 5.74) is 0.741. The molecule has 0 aliphatic carbocycles. The molecule has 1 saturated heterocycles. The van der Waals surface area contributed by atoms with Crippen LogP contribution >= 0.6 is 0 Å². The molecule has 1 heterocycles. The van der Waals surface area contributed by atoms with Gasteiger partial charge < -0.3 is 4.74 Å². The van der Waals surface area contributed by atoms with E-state index in [1.165, 1.54) is 0 Å². The first-order chi connectivity index (χ1) is 12.0. The van der Waals surface area contributed by atoms with Gasteiger partial charge in [0.2, 0.25) is 0 Å². The molecule has 1 aliphatic rings. The highest BCUT2D eigenvalue weighted by Crippen LogP contribution is 2.22. The highest BCUT2D eigenvalue weighted by atomic mass is 16.5. The van der Waals surface area contributed by atoms with Crippen LogP contribution in [0.5, 0.6) is 0 Å². The molecule has 2 aromatic carbocycles. The second-order valence-electron chi connectivity index (χ2n) is 5.51. The quantitative estimate of drug-likeness (QED) is 0.470. The van der Waals surface area contributed by atoms with E-state index in [0.29, 0.717) is 4.90 Å². The zero-order valence-electron chi connectivity index (χ0n) is 13.6. The summed E-state index contributed by atoms with van der Waals surface area (Å²) < 4.78 is 4.73. The molecule has 128 valence electrons. The lowest BCUT2D eigenvalue weighted by Gasteiger charge is -2.16. The molecule has 1 fully saturated rings. The Kier molecular flexibility index (Phi) is 4.47. The van der Waals surface area contributed by atoms with Gasteiger partial charge in [0.1, 0.15) is 6.54 Å². The van der Waals surface area contributed by atoms with E-state index < -0.39 is 30.4 Å². The molecular formula is C18H16N2O5. The van der Waals surface area contributed by atoms with E-state index in [2.05, 4.69) is 0 Å². The molecule has 0 bridgehead atoms. The van der Waals surface area contributed by atoms with E-state index in [1.54, 1.807) is 13.0 Å². The van der Waals surface area contributed by atoms with Gasteiger partial charge in [-0.3, -0.25) is 19.3 Å². The molecule has 0 N–H and O–H groups in total. The van der Waals surface area contributed by atoms with Crippen molar-refractivity contribution in [3.8, 4) is 0 Å². The first-order valence-corrected chi connectivity index (χ1v) is 7.82. The number of esters is 1. The lowest BCUT2D eigenvalue weighted by atomic mass is 10.0. The number of imide groups is 2. The number of fused-ring (bicyclic) bond motifs is 1. The number of hydrogen-bond acceptors (Lipinski definition) is 5. The Morgan fingerprint density at radius 3 is 2.40 bits per heavy atom. The molecular weight excluding hydrogens is 324 g/mol. The Labute approximate surface area is 143 Å². The van der Waals surface area contributed by atoms with E-state index in [-0.39, 0.29) is 13.2 Å². The van der Waals surface area contributed by atoms with E-state index >= 15 is 0 Å². The van der Waals surface area contributed by atoms with E-state index in [4.69, 9.17) is 4.74 Å². The Bertz CT molecular complexity index is 871. The molecule has 0 atom stereocenters. The predicted molar refractivity (Wildman–Crippen MR) is 88.2 cm³/mol. The van der Waals surface area contributed by atoms with Gasteiger partial charge in [-0.1, -0.05) is 42.5 Å². The largest absolute Gasteiger partial charge is 0.465 e. The van der Waals surface area contributed by atoms with Gasteiger partial charge in [-0.15, -0.1) is 0 Å². The second kappa shape index (κ2) is 6.72. The number of amides is 4. The van der Waals surface area contributed by atoms with Gasteiger partial charge in [0, 0.05) is 0 Å². The van der Waals surface area contributed by atoms with Crippen molar-refractivity contribution in [2.24, 2.45) is 0 Å². The summed E-state index contributed by atoms with van der Waals surface area (Å²) in [6, 6.07) is 12.3. The van der Waals surface area contributed by atoms with Crippen molar-refractivity contribution >= 4 is 34.6 Å². The summed E-state index contributed by atoms with van der Waals surface area (Å²) in [4.78, 5) is 49.6. The van der Waals surface area contributed by atoms with Crippen LogP contribution in [0.2, 0.25) is 0 Å². The van der Waals surface area contributed by atoms with Crippen LogP contribution in [0.4, 0.5) is 4.79 Å². The first kappa shape index (κ1) is 16.6. The second-order valence-corrected chi connectivity index (χ2v) is 5.51. The van der Waals surface area contributed by atoms with Crippen LogP contribution in [-0.2, 0) is 25.7 Å². The minimum atomic E-state index is -1.02. The number of benzene rings is 2. The third kappa shape index (κ3) is 3.08. The molecule has 7 heteroatoms. The van der Waals surface area contributed by atoms with E-state index in [1.807, 2.05) is 36.4 Å². The number of nitrogens with zero attached hydrogens (tertiary/aromatic N) is 2. The molecule has 1 aliphatic heterocycles. The SMILES string of the molecule is CCOC(=O)CN1C(=O)C(=O)N(Cc2cccc3ccccc23)C1=O. The summed E-state index contributed by atoms with van der Waals surface area (Å²) >= 11 is 0. The van der Waals surface area contributed by atoms with Gasteiger partial charge >= 0.3 is 23.8 Å². The fourth-order valence-electron chi connectivity index (χ4n) is 2.77. The molecule has 25 heavy (non-hydrogen) atoms. The van der Waals surface area contributed by atoms with E-state index in [9.17, 15) is 19.2 Å². The minimum absolute atomic E-state index is 0.0376. The van der Waals surface area contributed by atoms with Gasteiger partial charge in [0.25, 0.3) is 0 Å². The maximum Gasteiger partial charge on any atom is 0.335 e. The summed E-state index contributed by atoms with van der Waals surface area (Å²) in [5, 5.41) is 1.86. The number of carbonyl (C=O) groups is 4. The topological polar surface area (TPSA) is 84.0 Å². The van der Waals surface area contributed by atoms with Crippen molar-refractivity contribution in [1.29, 1.82) is 0 Å². The van der Waals surface area contributed by atoms with Crippen molar-refractivity contribution in [3.63, 3.8) is 0 Å². The fraction of sp³-hybridized carbons (Fsp3) is 0.222. The molecule has 4 amide bonds. The minimum Gasteiger partial charge on any atom is -0.465 e. The zero-order chi connectivity index (χ0) is 18.0. The highest BCUT2D eigenvalue weighted by molar-refractivity contribution is 6.44. The van der Waals surface area contributed by atoms with Crippen LogP contribution < -0.4 is 0 Å². The van der Waals surface area contributed by atoms with Crippen molar-refractivity contribution in [2.75, 3.05) is 13.2 Å². The molecule has 0 spiro atoms. The third-order valence-corrected chi connectivity index (χ3v) is 3.94. The van der Waals surface area contributed by atoms with Gasteiger partial charge in [-0.2, -0.15) is 0 Å². The van der Waals surface area contributed by atoms with Crippen LogP contribution in [0.15, 0.2) is 42.5 Å². The third-order valence-electron chi connectivity index (χ3n) is 3.94. The summed E-state index contributed by atoms with van der Waals surface area (Å²) in [5.74, 6) is -2.69. The average Bonchev–Trinajstić information content (AvgIpc) is 2.80. The number of hydrogen-bond donors (Lipinski definition) is 0. The molecule has 0 unspecified atom stereocenters. The normalized spacial score (nSPS) is 14.5. The Balaban J connectivity index is 1.85. The van der Waals surface area contributed by atoms with Crippen LogP contribution in [0.25, 0.3) is 10.8 Å². The summed E-state index contributed by atoms with van der Waals surface area (Å²) in [7, 11) is 0. The van der Waals surface area contributed by atoms with Crippen molar-refractivity contribution in [1.82, 2.24) is 9.80 Å². The summed E-state index contributed by atoms with van der Waals surface area (Å²) in [6.45, 7) is 1.14. The fourth-order valence-corrected chi connectivity index (χ4v) is 2.77. The van der Waals surface area contributed by atoms with Gasteiger partial charge in [-0.25, -0.2) is 9.69 Å². The predicted octanol–water partition coefficient (Wildman–Crippen LogP) is 1.69. The summed E-state index contributed by atoms with van der Waals surface area (Å²) in [6.07, 6.45) is 0. The zero-order valence-corrected chi connectivity index (χ0v) is 13.6. The number of urea groups is 1. The smallest absolute Gasteiger partial charge is 0.335 e. The Morgan fingerprint density at radius 2 is 1.64 bits per heavy atom. The van der Waals surface area contributed by atoms with Crippen LogP contribution in [-0.4, -0.2) is 46.8 Å². The van der Waals surface area contributed by atoms with Crippen LogP contribution in [0.1, 0.15) is 12.5 Å². The molecule has 0 aromatic heterocycles.